The van der Waals surface area contributed by atoms with Crippen LogP contribution in [0.1, 0.15) is 12.8 Å². The largest absolute Gasteiger partial charge is 0.380 e. The van der Waals surface area contributed by atoms with E-state index in [0.29, 0.717) is 11.7 Å². The summed E-state index contributed by atoms with van der Waals surface area (Å²) in [4.78, 5) is 0. The molecule has 0 radical (unpaired) electrons. The summed E-state index contributed by atoms with van der Waals surface area (Å²) in [6.45, 7) is 1.57. The molecule has 1 fully saturated rings. The van der Waals surface area contributed by atoms with E-state index in [2.05, 4.69) is 10.0 Å². The molecule has 2 rings (SSSR count). The number of anilines is 2. The summed E-state index contributed by atoms with van der Waals surface area (Å²) in [5.74, 6) is 0. The van der Waals surface area contributed by atoms with Gasteiger partial charge in [-0.2, -0.15) is 0 Å². The molecule has 1 atom stereocenters. The van der Waals surface area contributed by atoms with Crippen molar-refractivity contribution < 1.29 is 13.2 Å². The van der Waals surface area contributed by atoms with Crippen LogP contribution in [0.3, 0.4) is 0 Å². The normalized spacial score (nSPS) is 20.4. The summed E-state index contributed by atoms with van der Waals surface area (Å²) in [6, 6.07) is 7.55. The first-order valence-electron chi connectivity index (χ1n) is 5.95. The van der Waals surface area contributed by atoms with Crippen molar-refractivity contribution in [3.8, 4) is 0 Å². The number of hydrogen-bond acceptors (Lipinski definition) is 4. The van der Waals surface area contributed by atoms with Crippen LogP contribution in [-0.4, -0.2) is 33.9 Å². The minimum atomic E-state index is -3.21. The van der Waals surface area contributed by atoms with Crippen LogP contribution in [0.25, 0.3) is 0 Å². The van der Waals surface area contributed by atoms with Crippen LogP contribution in [0.4, 0.5) is 11.4 Å². The Bertz CT molecular complexity index is 479. The Labute approximate surface area is 108 Å². The number of sulfonamides is 1. The van der Waals surface area contributed by atoms with Crippen molar-refractivity contribution >= 4 is 21.4 Å². The topological polar surface area (TPSA) is 67.4 Å². The standard InChI is InChI=1S/C12H18N2O3S/c1-18(15,16)14-11-6-4-10(5-7-11)13-12-3-2-8-17-9-12/h4-7,12-14H,2-3,8-9H2,1H3. The Morgan fingerprint density at radius 1 is 1.22 bits per heavy atom. The van der Waals surface area contributed by atoms with Crippen LogP contribution in [0.15, 0.2) is 24.3 Å². The van der Waals surface area contributed by atoms with Crippen molar-refractivity contribution in [3.63, 3.8) is 0 Å². The van der Waals surface area contributed by atoms with Gasteiger partial charge in [-0.15, -0.1) is 0 Å². The van der Waals surface area contributed by atoms with Gasteiger partial charge in [0.2, 0.25) is 10.0 Å². The van der Waals surface area contributed by atoms with E-state index in [4.69, 9.17) is 4.74 Å². The maximum atomic E-state index is 11.1. The first-order chi connectivity index (χ1) is 8.53. The molecule has 1 aromatic rings. The molecule has 1 saturated heterocycles. The van der Waals surface area contributed by atoms with Gasteiger partial charge >= 0.3 is 0 Å². The van der Waals surface area contributed by atoms with Gasteiger partial charge in [0.15, 0.2) is 0 Å². The van der Waals surface area contributed by atoms with E-state index in [9.17, 15) is 8.42 Å². The van der Waals surface area contributed by atoms with Crippen molar-refractivity contribution in [2.75, 3.05) is 29.5 Å². The fraction of sp³-hybridized carbons (Fsp3) is 0.500. The van der Waals surface area contributed by atoms with E-state index in [0.717, 1.165) is 38.0 Å². The molecule has 5 nitrogen and oxygen atoms in total. The lowest BCUT2D eigenvalue weighted by Gasteiger charge is -2.24. The number of nitrogens with one attached hydrogen (secondary N) is 2. The van der Waals surface area contributed by atoms with Crippen LogP contribution in [-0.2, 0) is 14.8 Å². The number of hydrogen-bond donors (Lipinski definition) is 2. The van der Waals surface area contributed by atoms with Gasteiger partial charge in [0.25, 0.3) is 0 Å². The van der Waals surface area contributed by atoms with Gasteiger partial charge in [-0.3, -0.25) is 4.72 Å². The summed E-state index contributed by atoms with van der Waals surface area (Å²) in [5.41, 5.74) is 1.55. The molecule has 1 aliphatic heterocycles. The SMILES string of the molecule is CS(=O)(=O)Nc1ccc(NC2CCCOC2)cc1. The van der Waals surface area contributed by atoms with Crippen molar-refractivity contribution in [1.29, 1.82) is 0 Å². The molecule has 1 heterocycles. The first kappa shape index (κ1) is 13.2. The average molecular weight is 270 g/mol. The number of ether oxygens (including phenoxy) is 1. The monoisotopic (exact) mass is 270 g/mol. The van der Waals surface area contributed by atoms with E-state index in [-0.39, 0.29) is 0 Å². The summed E-state index contributed by atoms with van der Waals surface area (Å²) in [5, 5.41) is 3.37. The lowest BCUT2D eigenvalue weighted by Crippen LogP contribution is -2.29. The van der Waals surface area contributed by atoms with Gasteiger partial charge in [-0.1, -0.05) is 0 Å². The van der Waals surface area contributed by atoms with Gasteiger partial charge in [0, 0.05) is 24.0 Å². The van der Waals surface area contributed by atoms with Crippen molar-refractivity contribution in [3.05, 3.63) is 24.3 Å². The highest BCUT2D eigenvalue weighted by Crippen LogP contribution is 2.17. The highest BCUT2D eigenvalue weighted by atomic mass is 32.2. The van der Waals surface area contributed by atoms with E-state index in [1.54, 1.807) is 12.1 Å². The molecular formula is C12H18N2O3S. The third-order valence-electron chi connectivity index (χ3n) is 2.72. The quantitative estimate of drug-likeness (QED) is 0.873. The molecule has 0 aromatic heterocycles. The first-order valence-corrected chi connectivity index (χ1v) is 7.84. The Kier molecular flexibility index (Phi) is 4.08. The second-order valence-corrected chi connectivity index (χ2v) is 6.26. The van der Waals surface area contributed by atoms with E-state index >= 15 is 0 Å². The van der Waals surface area contributed by atoms with Gasteiger partial charge in [-0.25, -0.2) is 8.42 Å². The van der Waals surface area contributed by atoms with Gasteiger partial charge in [0.1, 0.15) is 0 Å². The van der Waals surface area contributed by atoms with Gasteiger partial charge < -0.3 is 10.1 Å². The van der Waals surface area contributed by atoms with Gasteiger partial charge in [-0.05, 0) is 37.1 Å². The zero-order valence-corrected chi connectivity index (χ0v) is 11.2. The second-order valence-electron chi connectivity index (χ2n) is 4.51. The lowest BCUT2D eigenvalue weighted by atomic mass is 10.1. The summed E-state index contributed by atoms with van der Waals surface area (Å²) in [7, 11) is -3.21. The third kappa shape index (κ3) is 4.19. The predicted molar refractivity (Wildman–Crippen MR) is 72.4 cm³/mol. The Morgan fingerprint density at radius 2 is 1.89 bits per heavy atom. The van der Waals surface area contributed by atoms with Crippen LogP contribution in [0, 0.1) is 0 Å². The fourth-order valence-corrected chi connectivity index (χ4v) is 2.50. The smallest absolute Gasteiger partial charge is 0.229 e. The van der Waals surface area contributed by atoms with Gasteiger partial charge in [0.05, 0.1) is 12.9 Å². The lowest BCUT2D eigenvalue weighted by molar-refractivity contribution is 0.0876. The summed E-state index contributed by atoms with van der Waals surface area (Å²) < 4.78 is 29.9. The van der Waals surface area contributed by atoms with Crippen LogP contribution in [0.5, 0.6) is 0 Å². The van der Waals surface area contributed by atoms with E-state index < -0.39 is 10.0 Å². The molecule has 1 aromatic carbocycles. The maximum Gasteiger partial charge on any atom is 0.229 e. The summed E-state index contributed by atoms with van der Waals surface area (Å²) >= 11 is 0. The maximum absolute atomic E-state index is 11.1. The van der Waals surface area contributed by atoms with Crippen molar-refractivity contribution in [1.82, 2.24) is 0 Å². The van der Waals surface area contributed by atoms with E-state index in [1.807, 2.05) is 12.1 Å². The molecule has 2 N–H and O–H groups in total. The zero-order chi connectivity index (χ0) is 13.0. The fourth-order valence-electron chi connectivity index (χ4n) is 1.94. The predicted octanol–water partition coefficient (Wildman–Crippen LogP) is 1.65. The Morgan fingerprint density at radius 3 is 2.44 bits per heavy atom. The van der Waals surface area contributed by atoms with Crippen LogP contribution < -0.4 is 10.0 Å². The van der Waals surface area contributed by atoms with Crippen LogP contribution in [0.2, 0.25) is 0 Å². The third-order valence-corrected chi connectivity index (χ3v) is 3.33. The minimum Gasteiger partial charge on any atom is -0.380 e. The van der Waals surface area contributed by atoms with Crippen molar-refractivity contribution in [2.45, 2.75) is 18.9 Å². The zero-order valence-electron chi connectivity index (χ0n) is 10.3. The molecule has 0 aliphatic carbocycles. The molecule has 0 amide bonds. The Balaban J connectivity index is 1.94. The minimum absolute atomic E-state index is 0.340. The van der Waals surface area contributed by atoms with Crippen LogP contribution >= 0.6 is 0 Å². The summed E-state index contributed by atoms with van der Waals surface area (Å²) in [6.07, 6.45) is 3.31. The second kappa shape index (κ2) is 5.58. The number of benzene rings is 1. The molecule has 6 heteroatoms. The Hall–Kier alpha value is -1.27. The molecule has 18 heavy (non-hydrogen) atoms. The molecule has 1 unspecified atom stereocenters. The highest BCUT2D eigenvalue weighted by molar-refractivity contribution is 7.92. The molecular weight excluding hydrogens is 252 g/mol. The highest BCUT2D eigenvalue weighted by Gasteiger charge is 2.13. The van der Waals surface area contributed by atoms with Crippen molar-refractivity contribution in [2.24, 2.45) is 0 Å². The molecule has 0 bridgehead atoms. The molecule has 0 spiro atoms. The average Bonchev–Trinajstić information content (AvgIpc) is 2.31. The molecule has 1 aliphatic rings. The number of rotatable bonds is 4. The molecule has 0 saturated carbocycles. The molecule has 100 valence electrons. The van der Waals surface area contributed by atoms with E-state index in [1.165, 1.54) is 0 Å².